The number of benzene rings is 1. The largest absolute Gasteiger partial charge is 0.399 e. The molecule has 1 aromatic heterocycles. The molecule has 4 nitrogen and oxygen atoms in total. The Bertz CT molecular complexity index is 693. The lowest BCUT2D eigenvalue weighted by molar-refractivity contribution is -0.118. The number of hydrogen-bond donors (Lipinski definition) is 2. The van der Waals surface area contributed by atoms with Crippen LogP contribution in [-0.2, 0) is 10.2 Å². The molecule has 1 aliphatic carbocycles. The average molecular weight is 346 g/mol. The lowest BCUT2D eigenvalue weighted by Crippen LogP contribution is -2.28. The van der Waals surface area contributed by atoms with Crippen LogP contribution in [0.5, 0.6) is 0 Å². The van der Waals surface area contributed by atoms with Crippen molar-refractivity contribution in [2.24, 2.45) is 0 Å². The van der Waals surface area contributed by atoms with Crippen molar-refractivity contribution >= 4 is 33.3 Å². The van der Waals surface area contributed by atoms with Gasteiger partial charge >= 0.3 is 0 Å². The number of aryl methyl sites for hydroxylation is 1. The van der Waals surface area contributed by atoms with Gasteiger partial charge in [0.15, 0.2) is 0 Å². The zero-order valence-electron chi connectivity index (χ0n) is 11.7. The minimum absolute atomic E-state index is 0.00138. The molecule has 1 amide bonds. The highest BCUT2D eigenvalue weighted by molar-refractivity contribution is 9.10. The second-order valence-corrected chi connectivity index (χ2v) is 6.33. The second kappa shape index (κ2) is 5.15. The molecule has 2 aromatic rings. The molecule has 0 radical (unpaired) electrons. The van der Waals surface area contributed by atoms with Crippen molar-refractivity contribution in [1.82, 2.24) is 4.98 Å². The molecule has 1 heterocycles. The first-order valence-electron chi connectivity index (χ1n) is 6.81. The number of aromatic nitrogens is 1. The summed E-state index contributed by atoms with van der Waals surface area (Å²) in [4.78, 5) is 16.8. The number of nitrogens with two attached hydrogens (primary N) is 1. The molecule has 0 unspecified atom stereocenters. The highest BCUT2D eigenvalue weighted by Gasteiger charge is 2.51. The maximum atomic E-state index is 12.6. The molecule has 1 aromatic carbocycles. The van der Waals surface area contributed by atoms with E-state index in [1.54, 1.807) is 6.20 Å². The zero-order chi connectivity index (χ0) is 15.0. The Morgan fingerprint density at radius 1 is 1.33 bits per heavy atom. The summed E-state index contributed by atoms with van der Waals surface area (Å²) in [5.74, 6) is 0.587. The zero-order valence-corrected chi connectivity index (χ0v) is 13.3. The molecular formula is C16H16BrN3O. The molecule has 1 aliphatic rings. The van der Waals surface area contributed by atoms with Gasteiger partial charge in [-0.25, -0.2) is 4.98 Å². The molecule has 0 saturated heterocycles. The minimum Gasteiger partial charge on any atom is -0.399 e. The van der Waals surface area contributed by atoms with E-state index in [0.29, 0.717) is 11.5 Å². The molecular weight excluding hydrogens is 330 g/mol. The van der Waals surface area contributed by atoms with Gasteiger partial charge in [-0.2, -0.15) is 0 Å². The summed E-state index contributed by atoms with van der Waals surface area (Å²) in [6, 6.07) is 9.40. The van der Waals surface area contributed by atoms with E-state index in [0.717, 1.165) is 28.4 Å². The fourth-order valence-electron chi connectivity index (χ4n) is 2.42. The lowest BCUT2D eigenvalue weighted by atomic mass is 9.95. The molecule has 1 fully saturated rings. The quantitative estimate of drug-likeness (QED) is 0.837. The Morgan fingerprint density at radius 2 is 2.00 bits per heavy atom. The summed E-state index contributed by atoms with van der Waals surface area (Å²) in [5.41, 5.74) is 8.05. The molecule has 3 N–H and O–H groups in total. The van der Waals surface area contributed by atoms with Crippen LogP contribution in [-0.4, -0.2) is 10.9 Å². The first-order valence-corrected chi connectivity index (χ1v) is 7.60. The third-order valence-corrected chi connectivity index (χ3v) is 4.77. The molecule has 5 heteroatoms. The minimum atomic E-state index is -0.420. The molecule has 108 valence electrons. The van der Waals surface area contributed by atoms with Crippen molar-refractivity contribution in [2.45, 2.75) is 25.2 Å². The van der Waals surface area contributed by atoms with Crippen molar-refractivity contribution in [1.29, 1.82) is 0 Å². The van der Waals surface area contributed by atoms with Crippen LogP contribution in [0.3, 0.4) is 0 Å². The van der Waals surface area contributed by atoms with Crippen LogP contribution >= 0.6 is 15.9 Å². The van der Waals surface area contributed by atoms with Crippen LogP contribution in [0.4, 0.5) is 11.5 Å². The standard InChI is InChI=1S/C16H16BrN3O/c1-10-8-14(19-9-13(10)17)20-15(21)16(6-7-16)11-2-4-12(18)5-3-11/h2-5,8-9H,6-7,18H2,1H3,(H,19,20,21). The monoisotopic (exact) mass is 345 g/mol. The summed E-state index contributed by atoms with van der Waals surface area (Å²) in [6.45, 7) is 1.97. The smallest absolute Gasteiger partial charge is 0.236 e. The van der Waals surface area contributed by atoms with Gasteiger partial charge in [-0.15, -0.1) is 0 Å². The van der Waals surface area contributed by atoms with E-state index in [2.05, 4.69) is 26.2 Å². The Labute approximate surface area is 131 Å². The lowest BCUT2D eigenvalue weighted by Gasteiger charge is -2.16. The predicted octanol–water partition coefficient (Wildman–Crippen LogP) is 3.41. The predicted molar refractivity (Wildman–Crippen MR) is 87.1 cm³/mol. The average Bonchev–Trinajstić information content (AvgIpc) is 3.25. The second-order valence-electron chi connectivity index (χ2n) is 5.48. The molecule has 21 heavy (non-hydrogen) atoms. The Balaban J connectivity index is 1.81. The Hall–Kier alpha value is -1.88. The summed E-state index contributed by atoms with van der Waals surface area (Å²) in [6.07, 6.45) is 3.42. The normalized spacial score (nSPS) is 15.5. The van der Waals surface area contributed by atoms with Crippen molar-refractivity contribution in [3.8, 4) is 0 Å². The van der Waals surface area contributed by atoms with Crippen LogP contribution < -0.4 is 11.1 Å². The number of amides is 1. The number of carbonyl (C=O) groups is 1. The van der Waals surface area contributed by atoms with Crippen molar-refractivity contribution < 1.29 is 4.79 Å². The van der Waals surface area contributed by atoms with E-state index < -0.39 is 5.41 Å². The summed E-state index contributed by atoms with van der Waals surface area (Å²) in [7, 11) is 0. The summed E-state index contributed by atoms with van der Waals surface area (Å²) in [5, 5.41) is 2.92. The molecule has 0 spiro atoms. The number of anilines is 2. The van der Waals surface area contributed by atoms with Crippen LogP contribution in [0.2, 0.25) is 0 Å². The van der Waals surface area contributed by atoms with E-state index in [4.69, 9.17) is 5.73 Å². The van der Waals surface area contributed by atoms with E-state index in [1.807, 2.05) is 37.3 Å². The van der Waals surface area contributed by atoms with Gasteiger partial charge in [-0.1, -0.05) is 12.1 Å². The maximum Gasteiger partial charge on any atom is 0.236 e. The number of nitrogens with zero attached hydrogens (tertiary/aromatic N) is 1. The van der Waals surface area contributed by atoms with Gasteiger partial charge in [0.25, 0.3) is 0 Å². The number of nitrogens with one attached hydrogen (secondary N) is 1. The topological polar surface area (TPSA) is 68.0 Å². The first kappa shape index (κ1) is 14.1. The number of carbonyl (C=O) groups excluding carboxylic acids is 1. The molecule has 3 rings (SSSR count). The Kier molecular flexibility index (Phi) is 3.45. The summed E-state index contributed by atoms with van der Waals surface area (Å²) >= 11 is 3.40. The molecule has 0 bridgehead atoms. The number of halogens is 1. The fraction of sp³-hybridized carbons (Fsp3) is 0.250. The number of nitrogen functional groups attached to an aromatic ring is 1. The number of hydrogen-bond acceptors (Lipinski definition) is 3. The SMILES string of the molecule is Cc1cc(NC(=O)C2(c3ccc(N)cc3)CC2)ncc1Br. The van der Waals surface area contributed by atoms with E-state index in [9.17, 15) is 4.79 Å². The molecule has 0 aliphatic heterocycles. The first-order chi connectivity index (χ1) is 10.0. The third kappa shape index (κ3) is 2.65. The van der Waals surface area contributed by atoms with Crippen molar-refractivity contribution in [2.75, 3.05) is 11.1 Å². The van der Waals surface area contributed by atoms with Crippen LogP contribution in [0, 0.1) is 6.92 Å². The van der Waals surface area contributed by atoms with Crippen molar-refractivity contribution in [3.05, 3.63) is 52.1 Å². The van der Waals surface area contributed by atoms with Gasteiger partial charge in [0.05, 0.1) is 5.41 Å². The number of pyridine rings is 1. The number of rotatable bonds is 3. The van der Waals surface area contributed by atoms with Gasteiger partial charge in [0.2, 0.25) is 5.91 Å². The highest BCUT2D eigenvalue weighted by Crippen LogP contribution is 2.49. The van der Waals surface area contributed by atoms with Crippen molar-refractivity contribution in [3.63, 3.8) is 0 Å². The van der Waals surface area contributed by atoms with E-state index in [-0.39, 0.29) is 5.91 Å². The maximum absolute atomic E-state index is 12.6. The fourth-order valence-corrected chi connectivity index (χ4v) is 2.63. The van der Waals surface area contributed by atoms with Crippen LogP contribution in [0.15, 0.2) is 41.0 Å². The third-order valence-electron chi connectivity index (χ3n) is 3.94. The van der Waals surface area contributed by atoms with E-state index in [1.165, 1.54) is 0 Å². The van der Waals surface area contributed by atoms with Gasteiger partial charge < -0.3 is 11.1 Å². The van der Waals surface area contributed by atoms with Gasteiger partial charge in [0, 0.05) is 16.4 Å². The highest BCUT2D eigenvalue weighted by atomic mass is 79.9. The van der Waals surface area contributed by atoms with Gasteiger partial charge in [-0.3, -0.25) is 4.79 Å². The van der Waals surface area contributed by atoms with Crippen LogP contribution in [0.1, 0.15) is 24.0 Å². The molecule has 0 atom stereocenters. The van der Waals surface area contributed by atoms with Crippen LogP contribution in [0.25, 0.3) is 0 Å². The van der Waals surface area contributed by atoms with E-state index >= 15 is 0 Å². The summed E-state index contributed by atoms with van der Waals surface area (Å²) < 4.78 is 0.931. The Morgan fingerprint density at radius 3 is 2.57 bits per heavy atom. The van der Waals surface area contributed by atoms with Gasteiger partial charge in [-0.05, 0) is 65.0 Å². The molecule has 1 saturated carbocycles. The van der Waals surface area contributed by atoms with Gasteiger partial charge in [0.1, 0.15) is 5.82 Å².